The summed E-state index contributed by atoms with van der Waals surface area (Å²) in [5.74, 6) is 0. The highest BCUT2D eigenvalue weighted by Crippen LogP contribution is 2.31. The zero-order chi connectivity index (χ0) is 9.26. The van der Waals surface area contributed by atoms with Gasteiger partial charge in [0.05, 0.1) is 15.3 Å². The fraction of sp³-hybridized carbons (Fsp3) is 0.111. The summed E-state index contributed by atoms with van der Waals surface area (Å²) in [4.78, 5) is 16.7. The maximum atomic E-state index is 10.7. The average Bonchev–Trinajstić information content (AvgIpc) is 2.71. The van der Waals surface area contributed by atoms with Gasteiger partial charge in [0.25, 0.3) is 0 Å². The van der Waals surface area contributed by atoms with Crippen LogP contribution in [0.5, 0.6) is 0 Å². The van der Waals surface area contributed by atoms with Crippen molar-refractivity contribution in [1.82, 2.24) is 4.98 Å². The van der Waals surface area contributed by atoms with E-state index in [2.05, 4.69) is 4.98 Å². The standard InChI is InChI=1S/C9H7NOS2/c1-6-2-3-12-9(6)8-7(4-11)13-5-10-8/h2-5H,1H3. The zero-order valence-corrected chi connectivity index (χ0v) is 8.61. The van der Waals surface area contributed by atoms with E-state index >= 15 is 0 Å². The fourth-order valence-corrected chi connectivity index (χ4v) is 2.72. The van der Waals surface area contributed by atoms with Crippen LogP contribution >= 0.6 is 22.7 Å². The van der Waals surface area contributed by atoms with E-state index < -0.39 is 0 Å². The zero-order valence-electron chi connectivity index (χ0n) is 6.98. The second kappa shape index (κ2) is 3.40. The largest absolute Gasteiger partial charge is 0.297 e. The van der Waals surface area contributed by atoms with Crippen molar-refractivity contribution >= 4 is 29.0 Å². The quantitative estimate of drug-likeness (QED) is 0.712. The lowest BCUT2D eigenvalue weighted by molar-refractivity contribution is 0.112. The summed E-state index contributed by atoms with van der Waals surface area (Å²) in [6, 6.07) is 2.04. The monoisotopic (exact) mass is 209 g/mol. The predicted molar refractivity (Wildman–Crippen MR) is 55.6 cm³/mol. The highest BCUT2D eigenvalue weighted by atomic mass is 32.1. The lowest BCUT2D eigenvalue weighted by Crippen LogP contribution is -1.81. The Morgan fingerprint density at radius 1 is 1.46 bits per heavy atom. The van der Waals surface area contributed by atoms with Crippen LogP contribution < -0.4 is 0 Å². The smallest absolute Gasteiger partial charge is 0.162 e. The molecule has 0 amide bonds. The van der Waals surface area contributed by atoms with E-state index in [0.717, 1.165) is 16.9 Å². The summed E-state index contributed by atoms with van der Waals surface area (Å²) >= 11 is 3.01. The molecule has 0 aromatic carbocycles. The molecule has 0 radical (unpaired) electrons. The molecule has 0 saturated carbocycles. The Hall–Kier alpha value is -1.00. The van der Waals surface area contributed by atoms with Crippen molar-refractivity contribution in [3.8, 4) is 10.6 Å². The van der Waals surface area contributed by atoms with Crippen LogP contribution in [0.2, 0.25) is 0 Å². The van der Waals surface area contributed by atoms with Gasteiger partial charge in [0.2, 0.25) is 0 Å². The molecule has 0 unspecified atom stereocenters. The molecule has 2 rings (SSSR count). The van der Waals surface area contributed by atoms with E-state index in [4.69, 9.17) is 0 Å². The number of hydrogen-bond donors (Lipinski definition) is 0. The topological polar surface area (TPSA) is 30.0 Å². The van der Waals surface area contributed by atoms with E-state index in [-0.39, 0.29) is 0 Å². The summed E-state index contributed by atoms with van der Waals surface area (Å²) in [6.45, 7) is 2.03. The summed E-state index contributed by atoms with van der Waals surface area (Å²) in [6.07, 6.45) is 0.867. The molecule has 4 heteroatoms. The Kier molecular flexibility index (Phi) is 2.24. The molecular formula is C9H7NOS2. The summed E-state index contributed by atoms with van der Waals surface area (Å²) < 4.78 is 0. The van der Waals surface area contributed by atoms with Gasteiger partial charge >= 0.3 is 0 Å². The molecule has 2 heterocycles. The molecule has 13 heavy (non-hydrogen) atoms. The van der Waals surface area contributed by atoms with Crippen LogP contribution in [0.15, 0.2) is 17.0 Å². The van der Waals surface area contributed by atoms with Gasteiger partial charge in [0, 0.05) is 0 Å². The number of hydrogen-bond acceptors (Lipinski definition) is 4. The SMILES string of the molecule is Cc1ccsc1-c1ncsc1C=O. The van der Waals surface area contributed by atoms with Gasteiger partial charge in [0.1, 0.15) is 5.69 Å². The van der Waals surface area contributed by atoms with Gasteiger partial charge in [-0.1, -0.05) is 0 Å². The molecule has 0 atom stereocenters. The number of nitrogens with zero attached hydrogens (tertiary/aromatic N) is 1. The van der Waals surface area contributed by atoms with Gasteiger partial charge in [-0.3, -0.25) is 4.79 Å². The first-order valence-corrected chi connectivity index (χ1v) is 5.52. The van der Waals surface area contributed by atoms with Crippen molar-refractivity contribution in [1.29, 1.82) is 0 Å². The number of aldehydes is 1. The van der Waals surface area contributed by atoms with E-state index in [9.17, 15) is 4.79 Å². The first-order valence-electron chi connectivity index (χ1n) is 3.76. The Balaban J connectivity index is 2.58. The lowest BCUT2D eigenvalue weighted by Gasteiger charge is -1.94. The second-order valence-electron chi connectivity index (χ2n) is 2.62. The van der Waals surface area contributed by atoms with Gasteiger partial charge in [0.15, 0.2) is 6.29 Å². The number of carbonyl (C=O) groups excluding carboxylic acids is 1. The third-order valence-electron chi connectivity index (χ3n) is 1.78. The number of carbonyl (C=O) groups is 1. The predicted octanol–water partition coefficient (Wildman–Crippen LogP) is 2.99. The van der Waals surface area contributed by atoms with Gasteiger partial charge in [-0.05, 0) is 23.9 Å². The maximum Gasteiger partial charge on any atom is 0.162 e. The third-order valence-corrected chi connectivity index (χ3v) is 3.56. The molecule has 2 aromatic heterocycles. The van der Waals surface area contributed by atoms with Gasteiger partial charge < -0.3 is 0 Å². The Morgan fingerprint density at radius 2 is 2.31 bits per heavy atom. The minimum absolute atomic E-state index is 0.713. The van der Waals surface area contributed by atoms with Crippen LogP contribution in [-0.4, -0.2) is 11.3 Å². The molecular weight excluding hydrogens is 202 g/mol. The van der Waals surface area contributed by atoms with Crippen molar-refractivity contribution in [2.45, 2.75) is 6.92 Å². The van der Waals surface area contributed by atoms with Gasteiger partial charge in [-0.2, -0.15) is 0 Å². The Bertz CT molecular complexity index is 430. The number of aromatic nitrogens is 1. The molecule has 2 nitrogen and oxygen atoms in total. The third kappa shape index (κ3) is 1.43. The molecule has 0 aliphatic rings. The maximum absolute atomic E-state index is 10.7. The van der Waals surface area contributed by atoms with E-state index in [1.165, 1.54) is 16.9 Å². The number of aryl methyl sites for hydroxylation is 1. The fourth-order valence-electron chi connectivity index (χ4n) is 1.12. The molecule has 0 fully saturated rings. The Morgan fingerprint density at radius 3 is 2.92 bits per heavy atom. The van der Waals surface area contributed by atoms with Crippen LogP contribution in [0.25, 0.3) is 10.6 Å². The van der Waals surface area contributed by atoms with Crippen molar-refractivity contribution in [3.63, 3.8) is 0 Å². The average molecular weight is 209 g/mol. The van der Waals surface area contributed by atoms with Crippen molar-refractivity contribution in [3.05, 3.63) is 27.4 Å². The van der Waals surface area contributed by atoms with Gasteiger partial charge in [-0.25, -0.2) is 4.98 Å². The molecule has 0 N–H and O–H groups in total. The summed E-state index contributed by atoms with van der Waals surface area (Å²) in [7, 11) is 0. The normalized spacial score (nSPS) is 10.2. The first kappa shape index (κ1) is 8.59. The minimum Gasteiger partial charge on any atom is -0.297 e. The highest BCUT2D eigenvalue weighted by molar-refractivity contribution is 7.15. The molecule has 0 saturated heterocycles. The van der Waals surface area contributed by atoms with Crippen LogP contribution in [-0.2, 0) is 0 Å². The second-order valence-corrected chi connectivity index (χ2v) is 4.42. The van der Waals surface area contributed by atoms with E-state index in [0.29, 0.717) is 4.88 Å². The molecule has 66 valence electrons. The van der Waals surface area contributed by atoms with Crippen molar-refractivity contribution in [2.24, 2.45) is 0 Å². The molecule has 0 bridgehead atoms. The Labute approximate surface area is 83.9 Å². The van der Waals surface area contributed by atoms with Crippen molar-refractivity contribution in [2.75, 3.05) is 0 Å². The van der Waals surface area contributed by atoms with E-state index in [1.807, 2.05) is 18.4 Å². The summed E-state index contributed by atoms with van der Waals surface area (Å²) in [5.41, 5.74) is 3.71. The molecule has 0 aliphatic carbocycles. The molecule has 0 spiro atoms. The van der Waals surface area contributed by atoms with Crippen molar-refractivity contribution < 1.29 is 4.79 Å². The van der Waals surface area contributed by atoms with Crippen LogP contribution in [0.4, 0.5) is 0 Å². The summed E-state index contributed by atoms with van der Waals surface area (Å²) in [5, 5.41) is 2.01. The van der Waals surface area contributed by atoms with Crippen LogP contribution in [0.1, 0.15) is 15.2 Å². The van der Waals surface area contributed by atoms with Crippen LogP contribution in [0.3, 0.4) is 0 Å². The van der Waals surface area contributed by atoms with Crippen LogP contribution in [0, 0.1) is 6.92 Å². The van der Waals surface area contributed by atoms with E-state index in [1.54, 1.807) is 16.8 Å². The number of thiophene rings is 1. The number of thiazole rings is 1. The lowest BCUT2D eigenvalue weighted by atomic mass is 10.2. The first-order chi connectivity index (χ1) is 6.33. The highest BCUT2D eigenvalue weighted by Gasteiger charge is 2.10. The molecule has 0 aliphatic heterocycles. The van der Waals surface area contributed by atoms with Gasteiger partial charge in [-0.15, -0.1) is 22.7 Å². The molecule has 2 aromatic rings. The number of rotatable bonds is 2. The minimum atomic E-state index is 0.713.